The van der Waals surface area contributed by atoms with Gasteiger partial charge in [0.2, 0.25) is 5.91 Å². The molecule has 4 rings (SSSR count). The number of hydrogen-bond donors (Lipinski definition) is 1. The molecule has 0 spiro atoms. The highest BCUT2D eigenvalue weighted by molar-refractivity contribution is 5.81. The summed E-state index contributed by atoms with van der Waals surface area (Å²) in [6.45, 7) is 2.22. The lowest BCUT2D eigenvalue weighted by Crippen LogP contribution is -2.38. The van der Waals surface area contributed by atoms with Crippen molar-refractivity contribution >= 4 is 5.91 Å². The van der Waals surface area contributed by atoms with E-state index in [-0.39, 0.29) is 29.6 Å². The molecule has 2 aliphatic heterocycles. The van der Waals surface area contributed by atoms with Gasteiger partial charge in [-0.3, -0.25) is 9.48 Å². The number of carbonyl (C=O) groups excluding carboxylic acids is 1. The lowest BCUT2D eigenvalue weighted by atomic mass is 9.89. The van der Waals surface area contributed by atoms with Crippen LogP contribution in [0.25, 0.3) is 0 Å². The number of carbonyl (C=O) groups is 1. The highest BCUT2D eigenvalue weighted by atomic mass is 19.1. The Morgan fingerprint density at radius 3 is 2.96 bits per heavy atom. The molecule has 0 bridgehead atoms. The van der Waals surface area contributed by atoms with Crippen LogP contribution in [0, 0.1) is 11.7 Å². The third kappa shape index (κ3) is 3.06. The lowest BCUT2D eigenvalue weighted by molar-refractivity contribution is -0.136. The van der Waals surface area contributed by atoms with Crippen molar-refractivity contribution in [2.75, 3.05) is 19.6 Å². The average Bonchev–Trinajstić information content (AvgIpc) is 3.34. The van der Waals surface area contributed by atoms with Crippen molar-refractivity contribution in [3.8, 4) is 0 Å². The highest BCUT2D eigenvalue weighted by Crippen LogP contribution is 2.37. The number of aromatic nitrogens is 2. The van der Waals surface area contributed by atoms with Gasteiger partial charge in [0.1, 0.15) is 5.82 Å². The van der Waals surface area contributed by atoms with Gasteiger partial charge in [0.05, 0.1) is 18.2 Å². The Morgan fingerprint density at radius 1 is 1.32 bits per heavy atom. The van der Waals surface area contributed by atoms with E-state index in [1.807, 2.05) is 30.4 Å². The number of amides is 1. The van der Waals surface area contributed by atoms with Crippen molar-refractivity contribution in [3.63, 3.8) is 0 Å². The molecule has 5 nitrogen and oxygen atoms in total. The lowest BCUT2D eigenvalue weighted by Gasteiger charge is -2.29. The molecule has 0 aliphatic carbocycles. The minimum absolute atomic E-state index is 0.0154. The van der Waals surface area contributed by atoms with Crippen LogP contribution in [-0.4, -0.2) is 40.2 Å². The monoisotopic (exact) mass is 342 g/mol. The van der Waals surface area contributed by atoms with E-state index >= 15 is 0 Å². The van der Waals surface area contributed by atoms with Crippen LogP contribution in [0.3, 0.4) is 0 Å². The maximum absolute atomic E-state index is 13.6. The van der Waals surface area contributed by atoms with Crippen molar-refractivity contribution in [1.82, 2.24) is 20.0 Å². The predicted octanol–water partition coefficient (Wildman–Crippen LogP) is 2.23. The normalized spacial score (nSPS) is 26.3. The van der Waals surface area contributed by atoms with E-state index in [9.17, 15) is 9.18 Å². The summed E-state index contributed by atoms with van der Waals surface area (Å²) in [6.07, 6.45) is 5.70. The van der Waals surface area contributed by atoms with Crippen molar-refractivity contribution < 1.29 is 9.18 Å². The zero-order valence-electron chi connectivity index (χ0n) is 14.4. The average molecular weight is 342 g/mol. The minimum Gasteiger partial charge on any atom is -0.335 e. The molecule has 6 heteroatoms. The molecule has 2 saturated heterocycles. The second-order valence-electron chi connectivity index (χ2n) is 7.06. The van der Waals surface area contributed by atoms with Crippen molar-refractivity contribution in [2.24, 2.45) is 13.0 Å². The maximum atomic E-state index is 13.6. The fraction of sp³-hybridized carbons (Fsp3) is 0.474. The van der Waals surface area contributed by atoms with E-state index < -0.39 is 0 Å². The fourth-order valence-electron chi connectivity index (χ4n) is 4.22. The van der Waals surface area contributed by atoms with Crippen LogP contribution in [-0.2, 0) is 11.8 Å². The Hall–Kier alpha value is -2.21. The van der Waals surface area contributed by atoms with Gasteiger partial charge in [-0.05, 0) is 36.1 Å². The standard InChI is InChI=1S/C19H23FN4O/c1-23-12-14(9-22-23)16-10-21-11-17(16)19(25)24-7-3-6-18(24)13-4-2-5-15(20)8-13/h2,4-5,8-9,12,16-18,21H,3,6-7,10-11H2,1H3/t16-,17+,18?/m1/s1. The topological polar surface area (TPSA) is 50.2 Å². The second-order valence-corrected chi connectivity index (χ2v) is 7.06. The van der Waals surface area contributed by atoms with Gasteiger partial charge in [-0.25, -0.2) is 4.39 Å². The summed E-state index contributed by atoms with van der Waals surface area (Å²) in [5.74, 6) is -0.00787. The first-order chi connectivity index (χ1) is 12.1. The van der Waals surface area contributed by atoms with Gasteiger partial charge < -0.3 is 10.2 Å². The van der Waals surface area contributed by atoms with E-state index in [1.54, 1.807) is 16.8 Å². The summed E-state index contributed by atoms with van der Waals surface area (Å²) >= 11 is 0. The zero-order chi connectivity index (χ0) is 17.4. The first kappa shape index (κ1) is 16.3. The molecule has 1 amide bonds. The summed E-state index contributed by atoms with van der Waals surface area (Å²) in [7, 11) is 1.89. The Kier molecular flexibility index (Phi) is 4.29. The number of aryl methyl sites for hydroxylation is 1. The molecule has 2 aromatic rings. The molecular weight excluding hydrogens is 319 g/mol. The van der Waals surface area contributed by atoms with Crippen molar-refractivity contribution in [3.05, 3.63) is 53.6 Å². The summed E-state index contributed by atoms with van der Waals surface area (Å²) in [6, 6.07) is 6.64. The molecule has 2 fully saturated rings. The minimum atomic E-state index is -0.243. The molecule has 1 aromatic carbocycles. The molecular formula is C19H23FN4O. The Morgan fingerprint density at radius 2 is 2.20 bits per heavy atom. The Balaban J connectivity index is 1.56. The van der Waals surface area contributed by atoms with Gasteiger partial charge in [-0.15, -0.1) is 0 Å². The van der Waals surface area contributed by atoms with Crippen LogP contribution in [0.1, 0.15) is 35.9 Å². The molecule has 2 aliphatic rings. The summed E-state index contributed by atoms with van der Waals surface area (Å²) in [4.78, 5) is 15.2. The molecule has 132 valence electrons. The Labute approximate surface area is 146 Å². The smallest absolute Gasteiger partial charge is 0.228 e. The van der Waals surface area contributed by atoms with Gasteiger partial charge >= 0.3 is 0 Å². The van der Waals surface area contributed by atoms with E-state index in [1.165, 1.54) is 6.07 Å². The number of halogens is 1. The molecule has 3 heterocycles. The van der Waals surface area contributed by atoms with Gasteiger partial charge in [0.15, 0.2) is 0 Å². The van der Waals surface area contributed by atoms with Crippen LogP contribution in [0.15, 0.2) is 36.7 Å². The molecule has 1 N–H and O–H groups in total. The van der Waals surface area contributed by atoms with Crippen molar-refractivity contribution in [2.45, 2.75) is 24.8 Å². The molecule has 3 atom stereocenters. The molecule has 0 saturated carbocycles. The molecule has 1 aromatic heterocycles. The van der Waals surface area contributed by atoms with Crippen LogP contribution >= 0.6 is 0 Å². The second kappa shape index (κ2) is 6.59. The predicted molar refractivity (Wildman–Crippen MR) is 92.4 cm³/mol. The Bertz CT molecular complexity index is 774. The van der Waals surface area contributed by atoms with Crippen LogP contribution in [0.5, 0.6) is 0 Å². The first-order valence-corrected chi connectivity index (χ1v) is 8.88. The number of likely N-dealkylation sites (tertiary alicyclic amines) is 1. The highest BCUT2D eigenvalue weighted by Gasteiger charge is 2.40. The largest absolute Gasteiger partial charge is 0.335 e. The van der Waals surface area contributed by atoms with Crippen molar-refractivity contribution in [1.29, 1.82) is 0 Å². The summed E-state index contributed by atoms with van der Waals surface area (Å²) in [5, 5.41) is 7.60. The van der Waals surface area contributed by atoms with Crippen LogP contribution in [0.2, 0.25) is 0 Å². The van der Waals surface area contributed by atoms with Gasteiger partial charge in [0, 0.05) is 38.8 Å². The third-order valence-electron chi connectivity index (χ3n) is 5.45. The van der Waals surface area contributed by atoms with E-state index in [2.05, 4.69) is 10.4 Å². The van der Waals surface area contributed by atoms with E-state index in [0.29, 0.717) is 6.54 Å². The zero-order valence-corrected chi connectivity index (χ0v) is 14.4. The third-order valence-corrected chi connectivity index (χ3v) is 5.45. The number of nitrogens with one attached hydrogen (secondary N) is 1. The molecule has 25 heavy (non-hydrogen) atoms. The molecule has 0 radical (unpaired) electrons. The quantitative estimate of drug-likeness (QED) is 0.931. The number of nitrogens with zero attached hydrogens (tertiary/aromatic N) is 3. The molecule has 1 unspecified atom stereocenters. The maximum Gasteiger partial charge on any atom is 0.228 e. The SMILES string of the molecule is Cn1cc([C@H]2CNC[C@@H]2C(=O)N2CCCC2c2cccc(F)c2)cn1. The van der Waals surface area contributed by atoms with E-state index in [0.717, 1.165) is 37.1 Å². The van der Waals surface area contributed by atoms with E-state index in [4.69, 9.17) is 0 Å². The van der Waals surface area contributed by atoms with Crippen LogP contribution in [0.4, 0.5) is 4.39 Å². The summed E-state index contributed by atoms with van der Waals surface area (Å²) in [5.41, 5.74) is 2.00. The fourth-order valence-corrected chi connectivity index (χ4v) is 4.22. The van der Waals surface area contributed by atoms with Gasteiger partial charge in [-0.2, -0.15) is 5.10 Å². The number of rotatable bonds is 3. The summed E-state index contributed by atoms with van der Waals surface area (Å²) < 4.78 is 15.4. The number of hydrogen-bond acceptors (Lipinski definition) is 3. The first-order valence-electron chi connectivity index (χ1n) is 8.88. The van der Waals surface area contributed by atoms with Crippen LogP contribution < -0.4 is 5.32 Å². The number of benzene rings is 1. The van der Waals surface area contributed by atoms with Gasteiger partial charge in [-0.1, -0.05) is 12.1 Å². The van der Waals surface area contributed by atoms with Gasteiger partial charge in [0.25, 0.3) is 0 Å².